The van der Waals surface area contributed by atoms with Gasteiger partial charge in [0, 0.05) is 0 Å². The van der Waals surface area contributed by atoms with E-state index in [2.05, 4.69) is 5.32 Å². The highest BCUT2D eigenvalue weighted by Gasteiger charge is 2.17. The van der Waals surface area contributed by atoms with Crippen LogP contribution in [0.15, 0.2) is 89.3 Å². The summed E-state index contributed by atoms with van der Waals surface area (Å²) in [6.07, 6.45) is 1.29. The normalized spacial score (nSPS) is 11.3. The molecule has 9 heteroatoms. The number of rotatable bonds is 7. The third kappa shape index (κ3) is 5.38. The highest BCUT2D eigenvalue weighted by atomic mass is 32.2. The van der Waals surface area contributed by atoms with Gasteiger partial charge in [-0.25, -0.2) is 4.79 Å². The van der Waals surface area contributed by atoms with E-state index in [0.717, 1.165) is 0 Å². The number of carbonyl (C=O) groups is 2. The maximum absolute atomic E-state index is 12.4. The van der Waals surface area contributed by atoms with Crippen LogP contribution in [0.2, 0.25) is 0 Å². The maximum Gasteiger partial charge on any atom is 0.339 e. The van der Waals surface area contributed by atoms with Gasteiger partial charge in [-0.05, 0) is 48.0 Å². The molecule has 160 valence electrons. The minimum atomic E-state index is -3.99. The summed E-state index contributed by atoms with van der Waals surface area (Å²) in [7, 11) is -3.99. The molecular formula is C23H16N2O6S. The Labute approximate surface area is 184 Å². The number of aromatic carboxylic acids is 1. The molecule has 0 heterocycles. The molecule has 0 spiro atoms. The van der Waals surface area contributed by atoms with E-state index in [4.69, 9.17) is 4.18 Å². The van der Waals surface area contributed by atoms with Gasteiger partial charge in [0.25, 0.3) is 5.91 Å². The molecule has 0 radical (unpaired) electrons. The molecule has 8 nitrogen and oxygen atoms in total. The average Bonchev–Trinajstić information content (AvgIpc) is 2.79. The lowest BCUT2D eigenvalue weighted by Gasteiger charge is -2.08. The Kier molecular flexibility index (Phi) is 6.68. The van der Waals surface area contributed by atoms with Crippen LogP contribution in [0.1, 0.15) is 15.9 Å². The van der Waals surface area contributed by atoms with Crippen molar-refractivity contribution in [1.29, 1.82) is 5.26 Å². The molecule has 3 aromatic carbocycles. The van der Waals surface area contributed by atoms with E-state index >= 15 is 0 Å². The minimum Gasteiger partial charge on any atom is -0.478 e. The van der Waals surface area contributed by atoms with Crippen LogP contribution in [0, 0.1) is 11.3 Å². The molecule has 0 atom stereocenters. The number of carboxylic acid groups (broad SMARTS) is 1. The van der Waals surface area contributed by atoms with Gasteiger partial charge in [0.15, 0.2) is 0 Å². The van der Waals surface area contributed by atoms with Crippen LogP contribution in [0.3, 0.4) is 0 Å². The van der Waals surface area contributed by atoms with Crippen molar-refractivity contribution < 1.29 is 27.3 Å². The summed E-state index contributed by atoms with van der Waals surface area (Å²) >= 11 is 0. The van der Waals surface area contributed by atoms with Crippen molar-refractivity contribution in [2.45, 2.75) is 4.90 Å². The highest BCUT2D eigenvalue weighted by molar-refractivity contribution is 7.87. The highest BCUT2D eigenvalue weighted by Crippen LogP contribution is 2.21. The summed E-state index contributed by atoms with van der Waals surface area (Å²) in [4.78, 5) is 23.7. The first-order valence-corrected chi connectivity index (χ1v) is 10.6. The van der Waals surface area contributed by atoms with Gasteiger partial charge in [-0.2, -0.15) is 13.7 Å². The number of amides is 1. The molecule has 0 bridgehead atoms. The summed E-state index contributed by atoms with van der Waals surface area (Å²) in [5, 5.41) is 21.0. The Hall–Kier alpha value is -4.42. The summed E-state index contributed by atoms with van der Waals surface area (Å²) < 4.78 is 29.6. The van der Waals surface area contributed by atoms with Gasteiger partial charge >= 0.3 is 16.1 Å². The SMILES string of the molecule is N#CC(=Cc1ccc(OS(=O)(=O)c2ccccc2)cc1)C(=O)Nc1ccccc1C(=O)O. The standard InChI is InChI=1S/C23H16N2O6S/c24-15-17(22(26)25-21-9-5-4-8-20(21)23(27)28)14-16-10-12-18(13-11-16)31-32(29,30)19-6-2-1-3-7-19/h1-14H,(H,25,26)(H,27,28). The van der Waals surface area contributed by atoms with Crippen LogP contribution in [-0.4, -0.2) is 25.4 Å². The van der Waals surface area contributed by atoms with E-state index in [9.17, 15) is 28.4 Å². The minimum absolute atomic E-state index is 0.00838. The van der Waals surface area contributed by atoms with Crippen molar-refractivity contribution in [3.63, 3.8) is 0 Å². The van der Waals surface area contributed by atoms with Crippen molar-refractivity contribution in [2.75, 3.05) is 5.32 Å². The van der Waals surface area contributed by atoms with Crippen molar-refractivity contribution in [1.82, 2.24) is 0 Å². The first-order chi connectivity index (χ1) is 15.3. The van der Waals surface area contributed by atoms with Crippen LogP contribution in [0.4, 0.5) is 5.69 Å². The zero-order valence-corrected chi connectivity index (χ0v) is 17.2. The van der Waals surface area contributed by atoms with E-state index < -0.39 is 22.0 Å². The number of anilines is 1. The molecule has 0 saturated heterocycles. The molecule has 1 amide bonds. The molecule has 0 saturated carbocycles. The fourth-order valence-electron chi connectivity index (χ4n) is 2.67. The van der Waals surface area contributed by atoms with Crippen LogP contribution < -0.4 is 9.50 Å². The van der Waals surface area contributed by atoms with E-state index in [0.29, 0.717) is 5.56 Å². The van der Waals surface area contributed by atoms with E-state index in [1.165, 1.54) is 60.7 Å². The predicted molar refractivity (Wildman–Crippen MR) is 116 cm³/mol. The largest absolute Gasteiger partial charge is 0.478 e. The second-order valence-corrected chi connectivity index (χ2v) is 7.94. The lowest BCUT2D eigenvalue weighted by molar-refractivity contribution is -0.112. The Morgan fingerprint density at radius 3 is 2.19 bits per heavy atom. The molecule has 3 rings (SSSR count). The van der Waals surface area contributed by atoms with E-state index in [1.807, 2.05) is 0 Å². The first kappa shape index (κ1) is 22.3. The predicted octanol–water partition coefficient (Wildman–Crippen LogP) is 3.70. The first-order valence-electron chi connectivity index (χ1n) is 9.15. The van der Waals surface area contributed by atoms with E-state index in [-0.39, 0.29) is 27.5 Å². The fraction of sp³-hybridized carbons (Fsp3) is 0. The maximum atomic E-state index is 12.4. The lowest BCUT2D eigenvalue weighted by atomic mass is 10.1. The van der Waals surface area contributed by atoms with Crippen LogP contribution >= 0.6 is 0 Å². The molecule has 2 N–H and O–H groups in total. The van der Waals surface area contributed by atoms with Gasteiger partial charge in [-0.1, -0.05) is 42.5 Å². The number of hydrogen-bond acceptors (Lipinski definition) is 6. The van der Waals surface area contributed by atoms with E-state index in [1.54, 1.807) is 30.3 Å². The molecule has 0 aliphatic carbocycles. The van der Waals surface area contributed by atoms with Crippen molar-refractivity contribution in [2.24, 2.45) is 0 Å². The third-order valence-corrected chi connectivity index (χ3v) is 5.46. The van der Waals surface area contributed by atoms with Gasteiger partial charge in [-0.15, -0.1) is 0 Å². The van der Waals surface area contributed by atoms with Gasteiger partial charge in [-0.3, -0.25) is 4.79 Å². The van der Waals surface area contributed by atoms with Crippen molar-refractivity contribution in [3.05, 3.63) is 95.6 Å². The van der Waals surface area contributed by atoms with Gasteiger partial charge in [0.1, 0.15) is 22.3 Å². The molecule has 0 aliphatic heterocycles. The zero-order valence-electron chi connectivity index (χ0n) is 16.4. The number of nitrogens with zero attached hydrogens (tertiary/aromatic N) is 1. The fourth-order valence-corrected chi connectivity index (χ4v) is 3.62. The summed E-state index contributed by atoms with van der Waals surface area (Å²) in [6, 6.07) is 21.0. The monoisotopic (exact) mass is 448 g/mol. The number of carboxylic acids is 1. The number of benzene rings is 3. The number of nitriles is 1. The summed E-state index contributed by atoms with van der Waals surface area (Å²) in [6.45, 7) is 0. The van der Waals surface area contributed by atoms with Crippen LogP contribution in [0.25, 0.3) is 6.08 Å². The molecule has 0 unspecified atom stereocenters. The number of para-hydroxylation sites is 1. The van der Waals surface area contributed by atoms with Gasteiger partial charge in [0.2, 0.25) is 0 Å². The molecule has 32 heavy (non-hydrogen) atoms. The van der Waals surface area contributed by atoms with Gasteiger partial charge < -0.3 is 14.6 Å². The van der Waals surface area contributed by atoms with Crippen LogP contribution in [-0.2, 0) is 14.9 Å². The molecule has 0 fully saturated rings. The summed E-state index contributed by atoms with van der Waals surface area (Å²) in [5.41, 5.74) is 0.115. The third-order valence-electron chi connectivity index (χ3n) is 4.20. The lowest BCUT2D eigenvalue weighted by Crippen LogP contribution is -2.16. The molecule has 3 aromatic rings. The van der Waals surface area contributed by atoms with Gasteiger partial charge in [0.05, 0.1) is 11.3 Å². The Morgan fingerprint density at radius 2 is 1.56 bits per heavy atom. The van der Waals surface area contributed by atoms with Crippen molar-refractivity contribution in [3.8, 4) is 11.8 Å². The molecular weight excluding hydrogens is 432 g/mol. The summed E-state index contributed by atoms with van der Waals surface area (Å²) in [5.74, 6) is -1.94. The number of nitrogens with one attached hydrogen (secondary N) is 1. The second-order valence-electron chi connectivity index (χ2n) is 6.39. The second kappa shape index (κ2) is 9.59. The Bertz CT molecular complexity index is 1320. The number of hydrogen-bond donors (Lipinski definition) is 2. The van der Waals surface area contributed by atoms with Crippen LogP contribution in [0.5, 0.6) is 5.75 Å². The quantitative estimate of drug-likeness (QED) is 0.320. The topological polar surface area (TPSA) is 134 Å². The average molecular weight is 448 g/mol. The smallest absolute Gasteiger partial charge is 0.339 e. The Balaban J connectivity index is 1.76. The van der Waals surface area contributed by atoms with Crippen molar-refractivity contribution >= 4 is 33.8 Å². The Morgan fingerprint density at radius 1 is 0.938 bits per heavy atom. The molecule has 0 aliphatic rings. The number of carbonyl (C=O) groups excluding carboxylic acids is 1. The zero-order chi connectivity index (χ0) is 23.1. The molecule has 0 aromatic heterocycles.